The molecule has 1 aromatic rings. The summed E-state index contributed by atoms with van der Waals surface area (Å²) in [7, 11) is 0. The minimum Gasteiger partial charge on any atom is -0.508 e. The molecule has 0 spiro atoms. The van der Waals surface area contributed by atoms with Gasteiger partial charge >= 0.3 is 6.09 Å². The molecule has 1 aromatic carbocycles. The first-order chi connectivity index (χ1) is 8.69. The van der Waals surface area contributed by atoms with Crippen LogP contribution in [0.1, 0.15) is 33.3 Å². The lowest BCUT2D eigenvalue weighted by atomic mass is 10.1. The summed E-state index contributed by atoms with van der Waals surface area (Å²) in [5.74, 6) is -0.165. The molecule has 0 saturated carbocycles. The maximum Gasteiger partial charge on any atom is 0.428 e. The Labute approximate surface area is 111 Å². The third-order valence-electron chi connectivity index (χ3n) is 2.08. The summed E-state index contributed by atoms with van der Waals surface area (Å²) in [5.41, 5.74) is 2.43. The van der Waals surface area contributed by atoms with Gasteiger partial charge in [0.1, 0.15) is 17.1 Å². The Hall–Kier alpha value is -2.24. The van der Waals surface area contributed by atoms with Crippen LogP contribution in [-0.2, 0) is 4.74 Å². The van der Waals surface area contributed by atoms with Crippen molar-refractivity contribution in [3.8, 4) is 11.5 Å². The van der Waals surface area contributed by atoms with Crippen molar-refractivity contribution in [1.29, 1.82) is 0 Å². The number of nitrogens with zero attached hydrogens (tertiary/aromatic N) is 1. The molecule has 0 fully saturated rings. The van der Waals surface area contributed by atoms with Crippen molar-refractivity contribution in [1.82, 2.24) is 5.43 Å². The van der Waals surface area contributed by atoms with Gasteiger partial charge in [-0.25, -0.2) is 10.2 Å². The van der Waals surface area contributed by atoms with Gasteiger partial charge in [-0.3, -0.25) is 0 Å². The lowest BCUT2D eigenvalue weighted by Gasteiger charge is -2.18. The fraction of sp³-hybridized carbons (Fsp3) is 0.385. The molecule has 0 radical (unpaired) electrons. The van der Waals surface area contributed by atoms with Gasteiger partial charge in [0, 0.05) is 11.6 Å². The number of benzene rings is 1. The Morgan fingerprint density at radius 2 is 1.95 bits per heavy atom. The molecule has 1 rings (SSSR count). The molecule has 0 unspecified atom stereocenters. The molecule has 0 aliphatic rings. The Morgan fingerprint density at radius 3 is 2.47 bits per heavy atom. The lowest BCUT2D eigenvalue weighted by molar-refractivity contribution is 0.0529. The van der Waals surface area contributed by atoms with Crippen LogP contribution in [0.4, 0.5) is 4.79 Å². The van der Waals surface area contributed by atoms with Crippen molar-refractivity contribution in [3.63, 3.8) is 0 Å². The van der Waals surface area contributed by atoms with Gasteiger partial charge in [-0.1, -0.05) is 0 Å². The molecule has 6 nitrogen and oxygen atoms in total. The first kappa shape index (κ1) is 14.8. The highest BCUT2D eigenvalue weighted by atomic mass is 16.6. The van der Waals surface area contributed by atoms with Crippen molar-refractivity contribution >= 4 is 11.8 Å². The first-order valence-electron chi connectivity index (χ1n) is 5.74. The van der Waals surface area contributed by atoms with Crippen LogP contribution >= 0.6 is 0 Å². The van der Waals surface area contributed by atoms with Crippen LogP contribution in [0.3, 0.4) is 0 Å². The average molecular weight is 266 g/mol. The number of ether oxygens (including phenoxy) is 1. The van der Waals surface area contributed by atoms with E-state index in [0.29, 0.717) is 11.3 Å². The van der Waals surface area contributed by atoms with Gasteiger partial charge in [0.2, 0.25) is 0 Å². The Morgan fingerprint density at radius 1 is 1.32 bits per heavy atom. The van der Waals surface area contributed by atoms with E-state index in [2.05, 4.69) is 10.5 Å². The van der Waals surface area contributed by atoms with Crippen LogP contribution in [0.5, 0.6) is 11.5 Å². The number of amides is 1. The van der Waals surface area contributed by atoms with Gasteiger partial charge in [0.15, 0.2) is 0 Å². The molecule has 0 saturated heterocycles. The number of nitrogens with one attached hydrogen (secondary N) is 1. The quantitative estimate of drug-likeness (QED) is 0.566. The van der Waals surface area contributed by atoms with E-state index in [0.717, 1.165) is 0 Å². The minimum absolute atomic E-state index is 0.0471. The van der Waals surface area contributed by atoms with Gasteiger partial charge in [0.05, 0.1) is 5.71 Å². The van der Waals surface area contributed by atoms with Gasteiger partial charge in [-0.2, -0.15) is 5.10 Å². The molecular formula is C13H18N2O4. The highest BCUT2D eigenvalue weighted by Gasteiger charge is 2.15. The van der Waals surface area contributed by atoms with E-state index < -0.39 is 11.7 Å². The van der Waals surface area contributed by atoms with E-state index in [4.69, 9.17) is 4.74 Å². The summed E-state index contributed by atoms with van der Waals surface area (Å²) in [4.78, 5) is 11.4. The maximum atomic E-state index is 11.4. The van der Waals surface area contributed by atoms with Crippen molar-refractivity contribution in [2.45, 2.75) is 33.3 Å². The van der Waals surface area contributed by atoms with E-state index in [1.807, 2.05) is 0 Å². The molecule has 3 N–H and O–H groups in total. The van der Waals surface area contributed by atoms with Crippen molar-refractivity contribution in [2.75, 3.05) is 0 Å². The largest absolute Gasteiger partial charge is 0.508 e. The second-order valence-corrected chi connectivity index (χ2v) is 5.01. The number of hydrogen-bond donors (Lipinski definition) is 3. The summed E-state index contributed by atoms with van der Waals surface area (Å²) < 4.78 is 5.01. The van der Waals surface area contributed by atoms with Crippen molar-refractivity contribution in [3.05, 3.63) is 23.8 Å². The fourth-order valence-corrected chi connectivity index (χ4v) is 1.32. The highest BCUT2D eigenvalue weighted by molar-refractivity contribution is 6.01. The zero-order valence-electron chi connectivity index (χ0n) is 11.4. The molecule has 1 amide bonds. The van der Waals surface area contributed by atoms with Crippen LogP contribution in [0.25, 0.3) is 0 Å². The fourth-order valence-electron chi connectivity index (χ4n) is 1.32. The van der Waals surface area contributed by atoms with E-state index >= 15 is 0 Å². The number of carbonyl (C=O) groups excluding carboxylic acids is 1. The number of hydrazone groups is 1. The second-order valence-electron chi connectivity index (χ2n) is 5.01. The normalized spacial score (nSPS) is 12.1. The van der Waals surface area contributed by atoms with Crippen LogP contribution in [0.2, 0.25) is 0 Å². The SMILES string of the molecule is C/C(=N/NC(=O)OC(C)(C)C)c1ccc(O)cc1O. The maximum absolute atomic E-state index is 11.4. The smallest absolute Gasteiger partial charge is 0.428 e. The minimum atomic E-state index is -0.676. The Kier molecular flexibility index (Phi) is 4.37. The summed E-state index contributed by atoms with van der Waals surface area (Å²) in [6.45, 7) is 6.85. The molecule has 0 atom stereocenters. The van der Waals surface area contributed by atoms with Gasteiger partial charge < -0.3 is 14.9 Å². The Bertz CT molecular complexity index is 504. The number of phenolic OH excluding ortho intramolecular Hbond substituents is 2. The van der Waals surface area contributed by atoms with Crippen LogP contribution < -0.4 is 5.43 Å². The molecule has 0 aromatic heterocycles. The zero-order valence-corrected chi connectivity index (χ0v) is 11.4. The predicted octanol–water partition coefficient (Wildman–Crippen LogP) is 2.35. The molecule has 0 bridgehead atoms. The predicted molar refractivity (Wildman–Crippen MR) is 71.4 cm³/mol. The zero-order chi connectivity index (χ0) is 14.6. The van der Waals surface area contributed by atoms with Crippen LogP contribution in [-0.4, -0.2) is 27.6 Å². The van der Waals surface area contributed by atoms with E-state index in [1.54, 1.807) is 27.7 Å². The molecule has 19 heavy (non-hydrogen) atoms. The molecule has 0 heterocycles. The average Bonchev–Trinajstić information content (AvgIpc) is 2.23. The molecule has 6 heteroatoms. The second kappa shape index (κ2) is 5.60. The summed E-state index contributed by atoms with van der Waals surface area (Å²) in [6.07, 6.45) is -0.676. The number of rotatable bonds is 2. The third kappa shape index (κ3) is 4.87. The highest BCUT2D eigenvalue weighted by Crippen LogP contribution is 2.22. The summed E-state index contributed by atoms with van der Waals surface area (Å²) in [5, 5.41) is 22.6. The summed E-state index contributed by atoms with van der Waals surface area (Å²) >= 11 is 0. The number of hydrogen-bond acceptors (Lipinski definition) is 5. The summed E-state index contributed by atoms with van der Waals surface area (Å²) in [6, 6.07) is 4.11. The van der Waals surface area contributed by atoms with Gasteiger partial charge in [-0.05, 0) is 39.8 Å². The van der Waals surface area contributed by atoms with Gasteiger partial charge in [-0.15, -0.1) is 0 Å². The van der Waals surface area contributed by atoms with E-state index in [1.165, 1.54) is 18.2 Å². The van der Waals surface area contributed by atoms with E-state index in [-0.39, 0.29) is 11.5 Å². The van der Waals surface area contributed by atoms with Crippen molar-refractivity contribution < 1.29 is 19.7 Å². The topological polar surface area (TPSA) is 91.2 Å². The lowest BCUT2D eigenvalue weighted by Crippen LogP contribution is -2.30. The van der Waals surface area contributed by atoms with Crippen LogP contribution in [0.15, 0.2) is 23.3 Å². The first-order valence-corrected chi connectivity index (χ1v) is 5.74. The number of aromatic hydroxyl groups is 2. The molecule has 0 aliphatic carbocycles. The van der Waals surface area contributed by atoms with Crippen LogP contribution in [0, 0.1) is 0 Å². The molecule has 104 valence electrons. The van der Waals surface area contributed by atoms with E-state index in [9.17, 15) is 15.0 Å². The third-order valence-corrected chi connectivity index (χ3v) is 2.08. The van der Waals surface area contributed by atoms with Crippen molar-refractivity contribution in [2.24, 2.45) is 5.10 Å². The monoisotopic (exact) mass is 266 g/mol. The Balaban J connectivity index is 2.75. The van der Waals surface area contributed by atoms with Gasteiger partial charge in [0.25, 0.3) is 0 Å². The number of carbonyl (C=O) groups is 1. The molecule has 0 aliphatic heterocycles. The molecular weight excluding hydrogens is 248 g/mol. The number of phenols is 2. The standard InChI is InChI=1S/C13H18N2O4/c1-8(10-6-5-9(16)7-11(10)17)14-15-12(18)19-13(2,3)4/h5-7,16-17H,1-4H3,(H,15,18)/b14-8-.